The molecule has 1 aliphatic rings. The van der Waals surface area contributed by atoms with Gasteiger partial charge in [-0.05, 0) is 77.0 Å². The summed E-state index contributed by atoms with van der Waals surface area (Å²) in [6.07, 6.45) is 45.7. The molecule has 0 radical (unpaired) electrons. The summed E-state index contributed by atoms with van der Waals surface area (Å²) in [4.78, 5) is 25.6. The Labute approximate surface area is 413 Å². The van der Waals surface area contributed by atoms with Crippen molar-refractivity contribution in [2.45, 2.75) is 269 Å². The van der Waals surface area contributed by atoms with E-state index in [1.807, 2.05) is 0 Å². The highest BCUT2D eigenvalue weighted by Gasteiger charge is 2.46. The van der Waals surface area contributed by atoms with Crippen molar-refractivity contribution in [1.82, 2.24) is 0 Å². The Balaban J connectivity index is 2.35. The molecule has 0 aromatic rings. The zero-order valence-corrected chi connectivity index (χ0v) is 43.5. The third-order valence-electron chi connectivity index (χ3n) is 12.4. The normalized spacial score (nSPS) is 19.5. The summed E-state index contributed by atoms with van der Waals surface area (Å²) in [5.74, 6) is -1.99. The fraction of sp³-hybridized carbons (Fsp3) is 0.818. The van der Waals surface area contributed by atoms with Gasteiger partial charge in [-0.25, -0.2) is 0 Å². The number of aliphatic hydroxyl groups excluding tert-OH is 3. The molecule has 0 aromatic heterocycles. The number of carbonyl (C=O) groups is 2. The number of hydrogen-bond donors (Lipinski definition) is 4. The predicted molar refractivity (Wildman–Crippen MR) is 275 cm³/mol. The van der Waals surface area contributed by atoms with E-state index >= 15 is 0 Å². The zero-order chi connectivity index (χ0) is 49.8. The van der Waals surface area contributed by atoms with Crippen LogP contribution in [0, 0.1) is 0 Å². The first-order valence-corrected chi connectivity index (χ1v) is 28.8. The molecule has 6 atom stereocenters. The molecule has 1 heterocycles. The summed E-state index contributed by atoms with van der Waals surface area (Å²) in [6.45, 7) is 3.75. The van der Waals surface area contributed by atoms with Gasteiger partial charge in [0.05, 0.1) is 6.61 Å². The number of unbranched alkanes of at least 4 members (excludes halogenated alkanes) is 26. The Kier molecular flexibility index (Phi) is 41.7. The monoisotopic (exact) mass is 983 g/mol. The molecule has 12 nitrogen and oxygen atoms in total. The van der Waals surface area contributed by atoms with Crippen LogP contribution in [0.3, 0.4) is 0 Å². The van der Waals surface area contributed by atoms with E-state index in [1.165, 1.54) is 122 Å². The van der Waals surface area contributed by atoms with Crippen molar-refractivity contribution < 1.29 is 56.8 Å². The number of esters is 2. The first-order valence-electron chi connectivity index (χ1n) is 27.2. The predicted octanol–water partition coefficient (Wildman–Crippen LogP) is 12.7. The summed E-state index contributed by atoms with van der Waals surface area (Å²) in [5, 5.41) is 31.0. The molecule has 68 heavy (non-hydrogen) atoms. The molecule has 0 saturated carbocycles. The van der Waals surface area contributed by atoms with Crippen molar-refractivity contribution in [2.24, 2.45) is 0 Å². The van der Waals surface area contributed by atoms with E-state index in [1.54, 1.807) is 0 Å². The first-order chi connectivity index (χ1) is 33.0. The largest absolute Gasteiger partial charge is 0.462 e. The smallest absolute Gasteiger partial charge is 0.306 e. The molecule has 1 saturated heterocycles. The minimum Gasteiger partial charge on any atom is -0.462 e. The second-order valence-corrected chi connectivity index (χ2v) is 20.4. The Morgan fingerprint density at radius 1 is 0.500 bits per heavy atom. The van der Waals surface area contributed by atoms with Gasteiger partial charge in [0.15, 0.2) is 12.4 Å². The average molecular weight is 983 g/mol. The maximum absolute atomic E-state index is 12.9. The Morgan fingerprint density at radius 3 is 1.32 bits per heavy atom. The van der Waals surface area contributed by atoms with Crippen molar-refractivity contribution in [3.63, 3.8) is 0 Å². The molecular weight excluding hydrogens is 885 g/mol. The standard InChI is InChI=1S/C55H98O12S/c1-3-5-7-9-11-13-15-17-19-21-23-24-26-28-30-32-34-36-38-40-42-44-51(57)66-48(46-65-55-54(60)53(59)52(58)49(67-55)47-68(61,62)63)45-64-50(56)43-41-39-37-35-33-31-29-27-25-22-20-18-16-14-12-10-8-6-4-2/h12,14-15,17-18,20-21,23,48-49,52-55,58-60H,3-11,13,16,19,22,24-47H2,1-2H3,(H,61,62,63)/b14-12-,17-15-,20-18-,23-21-. The number of rotatable bonds is 46. The summed E-state index contributed by atoms with van der Waals surface area (Å²) < 4.78 is 54.3. The van der Waals surface area contributed by atoms with Gasteiger partial charge in [-0.15, -0.1) is 0 Å². The lowest BCUT2D eigenvalue weighted by Gasteiger charge is -2.40. The van der Waals surface area contributed by atoms with Crippen LogP contribution in [0.1, 0.15) is 232 Å². The maximum atomic E-state index is 12.9. The lowest BCUT2D eigenvalue weighted by molar-refractivity contribution is -0.297. The Morgan fingerprint density at radius 2 is 0.882 bits per heavy atom. The van der Waals surface area contributed by atoms with E-state index in [0.29, 0.717) is 12.8 Å². The van der Waals surface area contributed by atoms with Crippen LogP contribution in [0.2, 0.25) is 0 Å². The molecule has 4 N–H and O–H groups in total. The van der Waals surface area contributed by atoms with Crippen LogP contribution in [-0.2, 0) is 38.7 Å². The SMILES string of the molecule is CCCCC/C=C\C/C=C\CCCCCCCCCCCC(=O)OCC(COC1OC(CS(=O)(=O)O)C(O)C(O)C1O)OC(=O)CCCCCCCCCCC/C=C\C/C=C\CCCCCCC. The van der Waals surface area contributed by atoms with E-state index in [2.05, 4.69) is 62.5 Å². The van der Waals surface area contributed by atoms with Gasteiger partial charge in [0.2, 0.25) is 0 Å². The van der Waals surface area contributed by atoms with Gasteiger partial charge < -0.3 is 34.3 Å². The summed E-state index contributed by atoms with van der Waals surface area (Å²) in [6, 6.07) is 0. The lowest BCUT2D eigenvalue weighted by atomic mass is 10.00. The molecule has 0 spiro atoms. The average Bonchev–Trinajstić information content (AvgIpc) is 3.31. The fourth-order valence-corrected chi connectivity index (χ4v) is 8.84. The van der Waals surface area contributed by atoms with Gasteiger partial charge in [0.1, 0.15) is 36.8 Å². The van der Waals surface area contributed by atoms with Gasteiger partial charge >= 0.3 is 11.9 Å². The van der Waals surface area contributed by atoms with E-state index < -0.39 is 71.2 Å². The summed E-state index contributed by atoms with van der Waals surface area (Å²) in [7, 11) is -4.61. The number of carbonyl (C=O) groups excluding carboxylic acids is 2. The van der Waals surface area contributed by atoms with Gasteiger partial charge in [0.25, 0.3) is 10.1 Å². The van der Waals surface area contributed by atoms with Crippen molar-refractivity contribution in [3.8, 4) is 0 Å². The molecule has 1 aliphatic heterocycles. The Bertz CT molecular complexity index is 1430. The van der Waals surface area contributed by atoms with Crippen LogP contribution in [-0.4, -0.2) is 96.0 Å². The highest BCUT2D eigenvalue weighted by molar-refractivity contribution is 7.85. The number of ether oxygens (including phenoxy) is 4. The van der Waals surface area contributed by atoms with Crippen LogP contribution in [0.4, 0.5) is 0 Å². The van der Waals surface area contributed by atoms with E-state index in [0.717, 1.165) is 70.6 Å². The quantitative estimate of drug-likeness (QED) is 0.0196. The minimum absolute atomic E-state index is 0.158. The molecular formula is C55H98O12S. The number of allylic oxidation sites excluding steroid dienone is 8. The molecule has 1 fully saturated rings. The second-order valence-electron chi connectivity index (χ2n) is 18.9. The van der Waals surface area contributed by atoms with Gasteiger partial charge in [-0.3, -0.25) is 14.1 Å². The minimum atomic E-state index is -4.61. The summed E-state index contributed by atoms with van der Waals surface area (Å²) >= 11 is 0. The molecule has 0 aliphatic carbocycles. The molecule has 0 aromatic carbocycles. The van der Waals surface area contributed by atoms with Gasteiger partial charge in [-0.2, -0.15) is 8.42 Å². The second kappa shape index (κ2) is 44.5. The van der Waals surface area contributed by atoms with Gasteiger partial charge in [0, 0.05) is 12.8 Å². The number of hydrogen-bond acceptors (Lipinski definition) is 11. The molecule has 0 amide bonds. The molecule has 13 heteroatoms. The van der Waals surface area contributed by atoms with Crippen LogP contribution >= 0.6 is 0 Å². The third-order valence-corrected chi connectivity index (χ3v) is 13.1. The number of aliphatic hydroxyl groups is 3. The van der Waals surface area contributed by atoms with Crippen molar-refractivity contribution in [2.75, 3.05) is 19.0 Å². The topological polar surface area (TPSA) is 186 Å². The highest BCUT2D eigenvalue weighted by atomic mass is 32.2. The van der Waals surface area contributed by atoms with E-state index in [4.69, 9.17) is 18.9 Å². The zero-order valence-electron chi connectivity index (χ0n) is 42.7. The highest BCUT2D eigenvalue weighted by Crippen LogP contribution is 2.24. The van der Waals surface area contributed by atoms with Crippen LogP contribution < -0.4 is 0 Å². The molecule has 396 valence electrons. The van der Waals surface area contributed by atoms with E-state index in [-0.39, 0.29) is 19.4 Å². The molecule has 6 unspecified atom stereocenters. The fourth-order valence-electron chi connectivity index (χ4n) is 8.15. The van der Waals surface area contributed by atoms with Crippen molar-refractivity contribution >= 4 is 22.1 Å². The Hall–Kier alpha value is -2.39. The van der Waals surface area contributed by atoms with Crippen LogP contribution in [0.5, 0.6) is 0 Å². The van der Waals surface area contributed by atoms with Crippen LogP contribution in [0.15, 0.2) is 48.6 Å². The van der Waals surface area contributed by atoms with Crippen molar-refractivity contribution in [3.05, 3.63) is 48.6 Å². The molecule has 1 rings (SSSR count). The third kappa shape index (κ3) is 38.4. The van der Waals surface area contributed by atoms with Crippen molar-refractivity contribution in [1.29, 1.82) is 0 Å². The van der Waals surface area contributed by atoms with Crippen LogP contribution in [0.25, 0.3) is 0 Å². The lowest BCUT2D eigenvalue weighted by Crippen LogP contribution is -2.60. The molecule has 0 bridgehead atoms. The van der Waals surface area contributed by atoms with E-state index in [9.17, 15) is 37.9 Å². The van der Waals surface area contributed by atoms with Gasteiger partial charge in [-0.1, -0.05) is 191 Å². The maximum Gasteiger partial charge on any atom is 0.306 e. The summed E-state index contributed by atoms with van der Waals surface area (Å²) in [5.41, 5.74) is 0. The first kappa shape index (κ1) is 63.6.